The molecular weight excluding hydrogens is 368 g/mol. The predicted octanol–water partition coefficient (Wildman–Crippen LogP) is 0.742. The van der Waals surface area contributed by atoms with Gasteiger partial charge in [0.15, 0.2) is 5.65 Å². The van der Waals surface area contributed by atoms with E-state index in [1.165, 1.54) is 24.5 Å². The monoisotopic (exact) mass is 384 g/mol. The molecule has 10 nitrogen and oxygen atoms in total. The van der Waals surface area contributed by atoms with Crippen molar-refractivity contribution in [2.75, 3.05) is 12.3 Å². The molecule has 140 valence electrons. The minimum atomic E-state index is -0.682. The fraction of sp³-hybridized carbons (Fsp3) is 0.467. The molecule has 0 unspecified atom stereocenters. The van der Waals surface area contributed by atoms with Crippen molar-refractivity contribution < 1.29 is 23.8 Å². The SMILES string of the molecule is CC(=O)OC[C@H]1O[C@@H](n2c(Cl)cc3c(=O)[nH]c(N)nc32)C[C@@H]1OC(C)=O. The molecule has 1 aliphatic rings. The lowest BCUT2D eigenvalue weighted by molar-refractivity contribution is -0.155. The van der Waals surface area contributed by atoms with Crippen LogP contribution in [-0.2, 0) is 23.8 Å². The van der Waals surface area contributed by atoms with Gasteiger partial charge in [-0.15, -0.1) is 0 Å². The summed E-state index contributed by atoms with van der Waals surface area (Å²) in [6.45, 7) is 2.45. The van der Waals surface area contributed by atoms with Crippen LogP contribution in [0.4, 0.5) is 5.95 Å². The molecule has 0 spiro atoms. The minimum Gasteiger partial charge on any atom is -0.463 e. The maximum absolute atomic E-state index is 12.0. The van der Waals surface area contributed by atoms with E-state index in [1.807, 2.05) is 0 Å². The molecule has 2 aromatic rings. The summed E-state index contributed by atoms with van der Waals surface area (Å²) in [6, 6.07) is 1.45. The van der Waals surface area contributed by atoms with Gasteiger partial charge >= 0.3 is 11.9 Å². The molecule has 1 aliphatic heterocycles. The second-order valence-electron chi connectivity index (χ2n) is 5.84. The highest BCUT2D eigenvalue weighted by molar-refractivity contribution is 6.30. The predicted molar refractivity (Wildman–Crippen MR) is 90.5 cm³/mol. The third-order valence-electron chi connectivity index (χ3n) is 3.91. The molecule has 1 fully saturated rings. The first-order chi connectivity index (χ1) is 12.3. The maximum Gasteiger partial charge on any atom is 0.303 e. The summed E-state index contributed by atoms with van der Waals surface area (Å²) in [5.41, 5.74) is 5.43. The van der Waals surface area contributed by atoms with Gasteiger partial charge in [-0.05, 0) is 6.07 Å². The number of nitrogens with one attached hydrogen (secondary N) is 1. The van der Waals surface area contributed by atoms with Gasteiger partial charge in [0.1, 0.15) is 30.2 Å². The summed E-state index contributed by atoms with van der Waals surface area (Å²) in [6.07, 6.45) is -1.77. The zero-order chi connectivity index (χ0) is 19.0. The van der Waals surface area contributed by atoms with Crippen LogP contribution in [0, 0.1) is 0 Å². The van der Waals surface area contributed by atoms with Gasteiger partial charge in [0.05, 0.1) is 5.39 Å². The standard InChI is InChI=1S/C15H17ClN4O6/c1-6(21)24-5-10-9(25-7(2)22)4-12(26-10)20-11(16)3-8-13(20)18-15(17)19-14(8)23/h3,9-10,12H,4-5H2,1-2H3,(H3,17,18,19,23)/t9-,10+,12+/m0/s1. The average molecular weight is 385 g/mol. The van der Waals surface area contributed by atoms with E-state index in [-0.39, 0.29) is 35.2 Å². The summed E-state index contributed by atoms with van der Waals surface area (Å²) in [7, 11) is 0. The molecule has 3 atom stereocenters. The number of nitrogens with zero attached hydrogens (tertiary/aromatic N) is 2. The number of fused-ring (bicyclic) bond motifs is 1. The van der Waals surface area contributed by atoms with Crippen molar-refractivity contribution in [3.63, 3.8) is 0 Å². The van der Waals surface area contributed by atoms with Crippen molar-refractivity contribution >= 4 is 40.5 Å². The van der Waals surface area contributed by atoms with Crippen LogP contribution in [0.3, 0.4) is 0 Å². The van der Waals surface area contributed by atoms with Crippen molar-refractivity contribution in [3.05, 3.63) is 21.6 Å². The number of carbonyl (C=O) groups excluding carboxylic acids is 2. The van der Waals surface area contributed by atoms with Crippen LogP contribution in [0.25, 0.3) is 11.0 Å². The molecule has 0 amide bonds. The van der Waals surface area contributed by atoms with Gasteiger partial charge in [-0.25, -0.2) is 0 Å². The molecule has 0 saturated carbocycles. The number of nitrogens with two attached hydrogens (primary N) is 1. The van der Waals surface area contributed by atoms with Gasteiger partial charge in [-0.2, -0.15) is 4.98 Å². The van der Waals surface area contributed by atoms with Crippen LogP contribution < -0.4 is 11.3 Å². The van der Waals surface area contributed by atoms with E-state index >= 15 is 0 Å². The van der Waals surface area contributed by atoms with Gasteiger partial charge in [0.2, 0.25) is 5.95 Å². The quantitative estimate of drug-likeness (QED) is 0.736. The first kappa shape index (κ1) is 18.2. The zero-order valence-electron chi connectivity index (χ0n) is 14.0. The van der Waals surface area contributed by atoms with Gasteiger partial charge in [-0.3, -0.25) is 23.9 Å². The lowest BCUT2D eigenvalue weighted by Gasteiger charge is -2.18. The largest absolute Gasteiger partial charge is 0.463 e. The van der Waals surface area contributed by atoms with E-state index < -0.39 is 35.9 Å². The highest BCUT2D eigenvalue weighted by Crippen LogP contribution is 2.36. The Hall–Kier alpha value is -2.59. The molecule has 3 rings (SSSR count). The third kappa shape index (κ3) is 3.51. The molecular formula is C15H17ClN4O6. The summed E-state index contributed by atoms with van der Waals surface area (Å²) < 4.78 is 17.6. The van der Waals surface area contributed by atoms with Crippen molar-refractivity contribution in [1.29, 1.82) is 0 Å². The normalized spacial score (nSPS) is 22.5. The van der Waals surface area contributed by atoms with Crippen LogP contribution in [0.2, 0.25) is 5.15 Å². The molecule has 11 heteroatoms. The van der Waals surface area contributed by atoms with Crippen molar-refractivity contribution in [1.82, 2.24) is 14.5 Å². The second kappa shape index (κ2) is 6.96. The lowest BCUT2D eigenvalue weighted by Crippen LogP contribution is -2.31. The van der Waals surface area contributed by atoms with Crippen LogP contribution in [0.5, 0.6) is 0 Å². The highest BCUT2D eigenvalue weighted by Gasteiger charge is 2.40. The van der Waals surface area contributed by atoms with Gasteiger partial charge in [0.25, 0.3) is 5.56 Å². The van der Waals surface area contributed by atoms with E-state index in [2.05, 4.69) is 9.97 Å². The zero-order valence-corrected chi connectivity index (χ0v) is 14.8. The Morgan fingerprint density at radius 1 is 1.46 bits per heavy atom. The Morgan fingerprint density at radius 3 is 2.85 bits per heavy atom. The number of H-pyrrole nitrogens is 1. The molecule has 0 aliphatic carbocycles. The minimum absolute atomic E-state index is 0.0653. The van der Waals surface area contributed by atoms with E-state index in [4.69, 9.17) is 31.5 Å². The summed E-state index contributed by atoms with van der Waals surface area (Å²) in [5.74, 6) is -1.04. The van der Waals surface area contributed by atoms with E-state index in [9.17, 15) is 14.4 Å². The van der Waals surface area contributed by atoms with Gasteiger partial charge in [0, 0.05) is 20.3 Å². The topological polar surface area (TPSA) is 139 Å². The smallest absolute Gasteiger partial charge is 0.303 e. The van der Waals surface area contributed by atoms with E-state index in [0.29, 0.717) is 0 Å². The number of aromatic amines is 1. The molecule has 3 heterocycles. The van der Waals surface area contributed by atoms with Crippen molar-refractivity contribution in [2.24, 2.45) is 0 Å². The van der Waals surface area contributed by atoms with Crippen molar-refractivity contribution in [3.8, 4) is 0 Å². The van der Waals surface area contributed by atoms with Crippen LogP contribution in [-0.4, -0.2) is 45.3 Å². The Kier molecular flexibility index (Phi) is 4.88. The molecule has 0 radical (unpaired) electrons. The number of rotatable bonds is 4. The molecule has 0 bridgehead atoms. The highest BCUT2D eigenvalue weighted by atomic mass is 35.5. The molecule has 3 N–H and O–H groups in total. The van der Waals surface area contributed by atoms with E-state index in [0.717, 1.165) is 0 Å². The summed E-state index contributed by atoms with van der Waals surface area (Å²) in [4.78, 5) is 40.9. The Labute approximate surface area is 152 Å². The number of anilines is 1. The Balaban J connectivity index is 1.95. The molecule has 1 saturated heterocycles. The summed E-state index contributed by atoms with van der Waals surface area (Å²) >= 11 is 6.26. The fourth-order valence-corrected chi connectivity index (χ4v) is 3.21. The third-order valence-corrected chi connectivity index (χ3v) is 4.20. The van der Waals surface area contributed by atoms with Crippen LogP contribution in [0.15, 0.2) is 10.9 Å². The Bertz CT molecular complexity index is 923. The van der Waals surface area contributed by atoms with E-state index in [1.54, 1.807) is 0 Å². The number of hydrogen-bond donors (Lipinski definition) is 2. The van der Waals surface area contributed by atoms with Gasteiger partial charge in [-0.1, -0.05) is 11.6 Å². The first-order valence-corrected chi connectivity index (χ1v) is 8.16. The number of carbonyl (C=O) groups is 2. The molecule has 26 heavy (non-hydrogen) atoms. The average Bonchev–Trinajstić information content (AvgIpc) is 3.05. The first-order valence-electron chi connectivity index (χ1n) is 7.78. The molecule has 2 aromatic heterocycles. The number of halogens is 1. The summed E-state index contributed by atoms with van der Waals surface area (Å²) in [5, 5.41) is 0.462. The van der Waals surface area contributed by atoms with Gasteiger partial charge < -0.3 is 19.9 Å². The Morgan fingerprint density at radius 2 is 2.19 bits per heavy atom. The number of ether oxygens (including phenoxy) is 3. The molecule has 0 aromatic carbocycles. The maximum atomic E-state index is 12.0. The second-order valence-corrected chi connectivity index (χ2v) is 6.23. The number of esters is 2. The fourth-order valence-electron chi connectivity index (χ4n) is 2.91. The van der Waals surface area contributed by atoms with Crippen LogP contribution in [0.1, 0.15) is 26.5 Å². The number of nitrogen functional groups attached to an aromatic ring is 1. The van der Waals surface area contributed by atoms with Crippen LogP contribution >= 0.6 is 11.6 Å². The number of hydrogen-bond acceptors (Lipinski definition) is 8. The lowest BCUT2D eigenvalue weighted by atomic mass is 10.2. The number of aromatic nitrogens is 3. The van der Waals surface area contributed by atoms with Crippen molar-refractivity contribution in [2.45, 2.75) is 38.7 Å².